The van der Waals surface area contributed by atoms with E-state index in [2.05, 4.69) is 15.4 Å². The zero-order valence-corrected chi connectivity index (χ0v) is 11.0. The van der Waals surface area contributed by atoms with Crippen LogP contribution in [0.1, 0.15) is 20.3 Å². The first-order chi connectivity index (χ1) is 8.28. The summed E-state index contributed by atoms with van der Waals surface area (Å²) in [6, 6.07) is -1.21. The minimum absolute atomic E-state index is 0.384. The number of halogens is 1. The zero-order valence-electron chi connectivity index (χ0n) is 11.0. The molecule has 1 amide bonds. The van der Waals surface area contributed by atoms with Gasteiger partial charge in [0.05, 0.1) is 19.1 Å². The number of carbonyl (C=O) groups is 3. The van der Waals surface area contributed by atoms with Gasteiger partial charge >= 0.3 is 5.97 Å². The number of alkyl halides is 1. The lowest BCUT2D eigenvalue weighted by Crippen LogP contribution is -2.55. The Labute approximate surface area is 105 Å². The first kappa shape index (κ1) is 16.5. The Morgan fingerprint density at radius 2 is 1.89 bits per heavy atom. The van der Waals surface area contributed by atoms with Crippen molar-refractivity contribution in [2.24, 2.45) is 0 Å². The van der Waals surface area contributed by atoms with Crippen LogP contribution in [0.2, 0.25) is 0 Å². The Hall–Kier alpha value is -1.50. The maximum absolute atomic E-state index is 12.4. The lowest BCUT2D eigenvalue weighted by Gasteiger charge is -2.25. The third-order valence-electron chi connectivity index (χ3n) is 2.62. The molecule has 7 heteroatoms. The predicted molar refractivity (Wildman–Crippen MR) is 62.7 cm³/mol. The number of hydrogen-bond donors (Lipinski definition) is 2. The quantitative estimate of drug-likeness (QED) is 0.608. The third-order valence-corrected chi connectivity index (χ3v) is 2.62. The summed E-state index contributed by atoms with van der Waals surface area (Å²) in [5.74, 6) is -2.05. The second-order valence-electron chi connectivity index (χ2n) is 4.28. The molecule has 0 bridgehead atoms. The van der Waals surface area contributed by atoms with Gasteiger partial charge in [-0.15, -0.1) is 0 Å². The zero-order chi connectivity index (χ0) is 14.3. The van der Waals surface area contributed by atoms with Gasteiger partial charge in [0, 0.05) is 0 Å². The molecular weight excluding hydrogens is 243 g/mol. The van der Waals surface area contributed by atoms with Crippen molar-refractivity contribution in [2.75, 3.05) is 20.8 Å². The first-order valence-corrected chi connectivity index (χ1v) is 5.43. The van der Waals surface area contributed by atoms with Crippen molar-refractivity contribution >= 4 is 17.7 Å². The molecule has 1 atom stereocenters. The molecule has 0 aromatic rings. The average molecular weight is 262 g/mol. The van der Waals surface area contributed by atoms with Crippen LogP contribution >= 0.6 is 0 Å². The van der Waals surface area contributed by atoms with E-state index < -0.39 is 35.9 Å². The fourth-order valence-electron chi connectivity index (χ4n) is 1.04. The summed E-state index contributed by atoms with van der Waals surface area (Å²) >= 11 is 0. The summed E-state index contributed by atoms with van der Waals surface area (Å²) in [5.41, 5.74) is -0.926. The van der Waals surface area contributed by atoms with Gasteiger partial charge in [0.2, 0.25) is 5.91 Å². The summed E-state index contributed by atoms with van der Waals surface area (Å²) < 4.78 is 16.7. The molecule has 104 valence electrons. The van der Waals surface area contributed by atoms with Gasteiger partial charge in [-0.25, -0.2) is 4.39 Å². The van der Waals surface area contributed by atoms with Gasteiger partial charge in [-0.1, -0.05) is 0 Å². The van der Waals surface area contributed by atoms with E-state index in [1.165, 1.54) is 0 Å². The summed E-state index contributed by atoms with van der Waals surface area (Å²) in [7, 11) is 2.73. The molecule has 0 aromatic carbocycles. The number of amides is 1. The highest BCUT2D eigenvalue weighted by atomic mass is 19.1. The Kier molecular flexibility index (Phi) is 6.46. The van der Waals surface area contributed by atoms with Crippen molar-refractivity contribution < 1.29 is 23.5 Å². The van der Waals surface area contributed by atoms with Crippen LogP contribution in [-0.2, 0) is 19.1 Å². The maximum atomic E-state index is 12.4. The second-order valence-corrected chi connectivity index (χ2v) is 4.28. The number of likely N-dealkylation sites (N-methyl/N-ethyl adjacent to an activating group) is 1. The number of Topliss-reactive ketones (excluding diaryl/α,β-unsaturated/α-hetero) is 1. The monoisotopic (exact) mass is 262 g/mol. The van der Waals surface area contributed by atoms with Crippen molar-refractivity contribution in [1.82, 2.24) is 10.6 Å². The number of carbonyl (C=O) groups excluding carboxylic acids is 3. The highest BCUT2D eigenvalue weighted by Crippen LogP contribution is 2.04. The Morgan fingerprint density at radius 1 is 1.33 bits per heavy atom. The largest absolute Gasteiger partial charge is 0.469 e. The van der Waals surface area contributed by atoms with Crippen LogP contribution in [0, 0.1) is 0 Å². The number of rotatable bonds is 7. The topological polar surface area (TPSA) is 84.5 Å². The van der Waals surface area contributed by atoms with E-state index in [1.54, 1.807) is 20.9 Å². The molecule has 0 aromatic heterocycles. The van der Waals surface area contributed by atoms with Gasteiger partial charge in [0.1, 0.15) is 12.7 Å². The molecule has 0 fully saturated rings. The van der Waals surface area contributed by atoms with Crippen LogP contribution in [0.4, 0.5) is 4.39 Å². The maximum Gasteiger partial charge on any atom is 0.308 e. The minimum Gasteiger partial charge on any atom is -0.469 e. The lowest BCUT2D eigenvalue weighted by molar-refractivity contribution is -0.143. The molecule has 0 spiro atoms. The third kappa shape index (κ3) is 4.79. The van der Waals surface area contributed by atoms with Gasteiger partial charge in [-0.3, -0.25) is 14.4 Å². The molecule has 0 radical (unpaired) electrons. The molecule has 0 aliphatic carbocycles. The fourth-order valence-corrected chi connectivity index (χ4v) is 1.04. The van der Waals surface area contributed by atoms with Crippen molar-refractivity contribution in [3.8, 4) is 0 Å². The Balaban J connectivity index is 4.75. The summed E-state index contributed by atoms with van der Waals surface area (Å²) in [6.07, 6.45) is -0.384. The van der Waals surface area contributed by atoms with Gasteiger partial charge < -0.3 is 15.4 Å². The van der Waals surface area contributed by atoms with Crippen molar-refractivity contribution in [3.05, 3.63) is 0 Å². The number of ether oxygens (including phenoxy) is 1. The SMILES string of the molecule is CNC(C)(C)C(=O)NC(CC(=O)OC)C(=O)CF. The summed E-state index contributed by atoms with van der Waals surface area (Å²) in [4.78, 5) is 34.2. The van der Waals surface area contributed by atoms with Gasteiger partial charge in [0.15, 0.2) is 5.78 Å². The van der Waals surface area contributed by atoms with E-state index in [0.717, 1.165) is 7.11 Å². The normalized spacial score (nSPS) is 12.7. The van der Waals surface area contributed by atoms with Gasteiger partial charge in [-0.2, -0.15) is 0 Å². The van der Waals surface area contributed by atoms with Gasteiger partial charge in [0.25, 0.3) is 0 Å². The van der Waals surface area contributed by atoms with Gasteiger partial charge in [-0.05, 0) is 20.9 Å². The molecule has 2 N–H and O–H groups in total. The summed E-state index contributed by atoms with van der Waals surface area (Å²) in [5, 5.41) is 5.07. The van der Waals surface area contributed by atoms with Crippen LogP contribution in [0.25, 0.3) is 0 Å². The van der Waals surface area contributed by atoms with Crippen LogP contribution in [0.3, 0.4) is 0 Å². The van der Waals surface area contributed by atoms with E-state index in [1.807, 2.05) is 0 Å². The van der Waals surface area contributed by atoms with Crippen LogP contribution in [0.15, 0.2) is 0 Å². The van der Waals surface area contributed by atoms with Crippen LogP contribution < -0.4 is 10.6 Å². The van der Waals surface area contributed by atoms with E-state index in [-0.39, 0.29) is 6.42 Å². The number of nitrogens with one attached hydrogen (secondary N) is 2. The van der Waals surface area contributed by atoms with Crippen molar-refractivity contribution in [1.29, 1.82) is 0 Å². The fraction of sp³-hybridized carbons (Fsp3) is 0.727. The number of hydrogen-bond acceptors (Lipinski definition) is 5. The standard InChI is InChI=1S/C11H19FN2O4/c1-11(2,13-3)10(17)14-7(8(15)6-12)5-9(16)18-4/h7,13H,5-6H2,1-4H3,(H,14,17). The molecule has 0 rings (SSSR count). The smallest absolute Gasteiger partial charge is 0.308 e. The molecule has 0 aliphatic rings. The van der Waals surface area contributed by atoms with E-state index in [4.69, 9.17) is 0 Å². The molecule has 18 heavy (non-hydrogen) atoms. The number of esters is 1. The second kappa shape index (κ2) is 7.05. The number of ketones is 1. The molecule has 0 heterocycles. The predicted octanol–water partition coefficient (Wildman–Crippen LogP) is -0.429. The molecule has 0 saturated carbocycles. The highest BCUT2D eigenvalue weighted by molar-refractivity contribution is 5.95. The van der Waals surface area contributed by atoms with E-state index in [0.29, 0.717) is 0 Å². The number of methoxy groups -OCH3 is 1. The molecule has 1 unspecified atom stereocenters. The van der Waals surface area contributed by atoms with Crippen LogP contribution in [-0.4, -0.2) is 50.1 Å². The minimum atomic E-state index is -1.25. The van der Waals surface area contributed by atoms with E-state index >= 15 is 0 Å². The van der Waals surface area contributed by atoms with Crippen molar-refractivity contribution in [2.45, 2.75) is 31.8 Å². The molecular formula is C11H19FN2O4. The first-order valence-electron chi connectivity index (χ1n) is 5.43. The van der Waals surface area contributed by atoms with Crippen molar-refractivity contribution in [3.63, 3.8) is 0 Å². The lowest BCUT2D eigenvalue weighted by atomic mass is 10.0. The molecule has 6 nitrogen and oxygen atoms in total. The Bertz CT molecular complexity index is 331. The highest BCUT2D eigenvalue weighted by Gasteiger charge is 2.31. The van der Waals surface area contributed by atoms with E-state index in [9.17, 15) is 18.8 Å². The average Bonchev–Trinajstić information content (AvgIpc) is 2.36. The van der Waals surface area contributed by atoms with Crippen LogP contribution in [0.5, 0.6) is 0 Å². The molecule has 0 aliphatic heterocycles. The Morgan fingerprint density at radius 3 is 2.28 bits per heavy atom. The summed E-state index contributed by atoms with van der Waals surface area (Å²) in [6.45, 7) is 1.94. The molecule has 0 saturated heterocycles.